The molecule has 2 aromatic carbocycles. The predicted octanol–water partition coefficient (Wildman–Crippen LogP) is 4.19. The fraction of sp³-hybridized carbons (Fsp3) is 0.316. The van der Waals surface area contributed by atoms with E-state index in [2.05, 4.69) is 39.0 Å². The Labute approximate surface area is 144 Å². The van der Waals surface area contributed by atoms with E-state index < -0.39 is 5.97 Å². The van der Waals surface area contributed by atoms with Crippen LogP contribution in [0.5, 0.6) is 0 Å². The first-order valence-corrected chi connectivity index (χ1v) is 8.79. The van der Waals surface area contributed by atoms with Crippen molar-refractivity contribution in [3.05, 3.63) is 68.7 Å². The zero-order valence-corrected chi connectivity index (χ0v) is 14.3. The Morgan fingerprint density at radius 1 is 1.17 bits per heavy atom. The van der Waals surface area contributed by atoms with Gasteiger partial charge in [-0.25, -0.2) is 4.79 Å². The minimum absolute atomic E-state index is 0.396. The number of carboxylic acids is 1. The topological polar surface area (TPSA) is 40.5 Å². The number of rotatable bonds is 2. The number of aromatic carboxylic acids is 1. The second kappa shape index (κ2) is 5.77. The van der Waals surface area contributed by atoms with Gasteiger partial charge in [0.05, 0.1) is 5.56 Å². The number of benzene rings is 2. The molecule has 0 amide bonds. The third kappa shape index (κ3) is 2.60. The largest absolute Gasteiger partial charge is 0.478 e. The van der Waals surface area contributed by atoms with Crippen LogP contribution in [0.4, 0.5) is 0 Å². The second-order valence-corrected chi connectivity index (χ2v) is 7.23. The molecule has 0 radical (unpaired) electrons. The van der Waals surface area contributed by atoms with Crippen LogP contribution in [-0.4, -0.2) is 22.5 Å². The molecule has 23 heavy (non-hydrogen) atoms. The molecule has 1 N–H and O–H groups in total. The minimum atomic E-state index is -0.843. The van der Waals surface area contributed by atoms with Crippen LogP contribution in [0.3, 0.4) is 0 Å². The van der Waals surface area contributed by atoms with Gasteiger partial charge < -0.3 is 5.11 Å². The zero-order chi connectivity index (χ0) is 16.0. The lowest BCUT2D eigenvalue weighted by Crippen LogP contribution is -2.33. The van der Waals surface area contributed by atoms with Gasteiger partial charge in [0.2, 0.25) is 0 Å². The van der Waals surface area contributed by atoms with Crippen LogP contribution in [-0.2, 0) is 19.4 Å². The summed E-state index contributed by atoms with van der Waals surface area (Å²) in [4.78, 5) is 13.7. The molecule has 2 aliphatic rings. The molecule has 0 saturated carbocycles. The number of halogens is 1. The Hall–Kier alpha value is -1.65. The van der Waals surface area contributed by atoms with Gasteiger partial charge in [0.25, 0.3) is 0 Å². The van der Waals surface area contributed by atoms with E-state index in [4.69, 9.17) is 5.11 Å². The first kappa shape index (κ1) is 14.9. The summed E-state index contributed by atoms with van der Waals surface area (Å²) in [7, 11) is 0. The molecule has 1 aliphatic heterocycles. The smallest absolute Gasteiger partial charge is 0.335 e. The number of hydrogen-bond donors (Lipinski definition) is 1. The van der Waals surface area contributed by atoms with Gasteiger partial charge in [-0.15, -0.1) is 0 Å². The van der Waals surface area contributed by atoms with Gasteiger partial charge in [0, 0.05) is 23.6 Å². The van der Waals surface area contributed by atoms with Crippen LogP contribution in [0.15, 0.2) is 40.9 Å². The summed E-state index contributed by atoms with van der Waals surface area (Å²) in [5.41, 5.74) is 5.75. The normalized spacial score (nSPS) is 20.1. The van der Waals surface area contributed by atoms with Crippen LogP contribution in [0, 0.1) is 0 Å². The molecule has 1 heterocycles. The van der Waals surface area contributed by atoms with Crippen LogP contribution >= 0.6 is 15.9 Å². The fourth-order valence-corrected chi connectivity index (χ4v) is 4.52. The number of carbonyl (C=O) groups is 1. The Kier molecular flexibility index (Phi) is 3.74. The summed E-state index contributed by atoms with van der Waals surface area (Å²) in [5.74, 6) is -0.843. The first-order chi connectivity index (χ1) is 11.1. The maximum absolute atomic E-state index is 11.1. The highest BCUT2D eigenvalue weighted by Crippen LogP contribution is 2.40. The van der Waals surface area contributed by atoms with E-state index in [9.17, 15) is 4.79 Å². The maximum Gasteiger partial charge on any atom is 0.335 e. The molecule has 0 fully saturated rings. The average molecular weight is 372 g/mol. The van der Waals surface area contributed by atoms with Gasteiger partial charge in [-0.3, -0.25) is 4.90 Å². The van der Waals surface area contributed by atoms with E-state index in [1.165, 1.54) is 33.1 Å². The van der Waals surface area contributed by atoms with E-state index in [0.717, 1.165) is 25.9 Å². The van der Waals surface area contributed by atoms with Crippen LogP contribution in [0.25, 0.3) is 0 Å². The fourth-order valence-electron chi connectivity index (χ4n) is 3.94. The van der Waals surface area contributed by atoms with E-state index in [1.807, 2.05) is 12.1 Å². The second-order valence-electron chi connectivity index (χ2n) is 6.37. The van der Waals surface area contributed by atoms with Gasteiger partial charge >= 0.3 is 5.97 Å². The molecule has 0 saturated heterocycles. The molecule has 4 rings (SSSR count). The number of hydrogen-bond acceptors (Lipinski definition) is 2. The van der Waals surface area contributed by atoms with Crippen molar-refractivity contribution in [1.82, 2.24) is 4.90 Å². The summed E-state index contributed by atoms with van der Waals surface area (Å²) in [5, 5.41) is 9.13. The Balaban J connectivity index is 1.60. The highest BCUT2D eigenvalue weighted by molar-refractivity contribution is 9.10. The van der Waals surface area contributed by atoms with E-state index in [1.54, 1.807) is 6.07 Å². The summed E-state index contributed by atoms with van der Waals surface area (Å²) in [6.45, 7) is 1.90. The lowest BCUT2D eigenvalue weighted by Gasteiger charge is -2.34. The average Bonchev–Trinajstić information content (AvgIpc) is 2.99. The van der Waals surface area contributed by atoms with E-state index >= 15 is 0 Å². The molecule has 118 valence electrons. The molecule has 1 atom stereocenters. The lowest BCUT2D eigenvalue weighted by molar-refractivity contribution is 0.0696. The van der Waals surface area contributed by atoms with Crippen molar-refractivity contribution in [3.8, 4) is 0 Å². The van der Waals surface area contributed by atoms with E-state index in [-0.39, 0.29) is 0 Å². The summed E-state index contributed by atoms with van der Waals surface area (Å²) < 4.78 is 1.22. The van der Waals surface area contributed by atoms with Gasteiger partial charge in [-0.1, -0.05) is 34.1 Å². The van der Waals surface area contributed by atoms with Gasteiger partial charge in [-0.2, -0.15) is 0 Å². The summed E-state index contributed by atoms with van der Waals surface area (Å²) in [6, 6.07) is 12.5. The maximum atomic E-state index is 11.1. The molecule has 0 spiro atoms. The monoisotopic (exact) mass is 371 g/mol. The molecule has 4 heteroatoms. The molecular weight excluding hydrogens is 354 g/mol. The van der Waals surface area contributed by atoms with Crippen molar-refractivity contribution in [3.63, 3.8) is 0 Å². The first-order valence-electron chi connectivity index (χ1n) is 8.00. The predicted molar refractivity (Wildman–Crippen MR) is 92.7 cm³/mol. The van der Waals surface area contributed by atoms with Crippen molar-refractivity contribution in [1.29, 1.82) is 0 Å². The van der Waals surface area contributed by atoms with Gasteiger partial charge in [-0.05, 0) is 59.7 Å². The molecule has 2 aromatic rings. The van der Waals surface area contributed by atoms with Crippen LogP contribution < -0.4 is 0 Å². The van der Waals surface area contributed by atoms with Crippen molar-refractivity contribution in [2.75, 3.05) is 6.54 Å². The molecule has 3 nitrogen and oxygen atoms in total. The minimum Gasteiger partial charge on any atom is -0.478 e. The molecular formula is C19H18BrNO2. The molecule has 0 bridgehead atoms. The molecule has 1 aliphatic carbocycles. The lowest BCUT2D eigenvalue weighted by atomic mass is 9.95. The van der Waals surface area contributed by atoms with Crippen molar-refractivity contribution >= 4 is 21.9 Å². The molecule has 0 aromatic heterocycles. The SMILES string of the molecule is O=C(O)c1ccc2c(c1)CCN(C1CCc3c(Br)cccc31)C2. The van der Waals surface area contributed by atoms with Crippen LogP contribution in [0.2, 0.25) is 0 Å². The summed E-state index contributed by atoms with van der Waals surface area (Å²) >= 11 is 3.67. The highest BCUT2D eigenvalue weighted by Gasteiger charge is 2.31. The van der Waals surface area contributed by atoms with Crippen molar-refractivity contribution in [2.24, 2.45) is 0 Å². The number of fused-ring (bicyclic) bond motifs is 2. The third-order valence-corrected chi connectivity index (χ3v) is 5.86. The van der Waals surface area contributed by atoms with Crippen molar-refractivity contribution < 1.29 is 9.90 Å². The van der Waals surface area contributed by atoms with Gasteiger partial charge in [0.1, 0.15) is 0 Å². The summed E-state index contributed by atoms with van der Waals surface area (Å²) in [6.07, 6.45) is 3.22. The van der Waals surface area contributed by atoms with Crippen molar-refractivity contribution in [2.45, 2.75) is 31.8 Å². The number of carboxylic acid groups (broad SMARTS) is 1. The van der Waals surface area contributed by atoms with Crippen LogP contribution in [0.1, 0.15) is 45.1 Å². The Bertz CT molecular complexity index is 787. The zero-order valence-electron chi connectivity index (χ0n) is 12.8. The quantitative estimate of drug-likeness (QED) is 0.859. The Morgan fingerprint density at radius 3 is 2.87 bits per heavy atom. The number of nitrogens with zero attached hydrogens (tertiary/aromatic N) is 1. The molecule has 1 unspecified atom stereocenters. The van der Waals surface area contributed by atoms with Gasteiger partial charge in [0.15, 0.2) is 0 Å². The third-order valence-electron chi connectivity index (χ3n) is 5.12. The highest BCUT2D eigenvalue weighted by atomic mass is 79.9. The Morgan fingerprint density at radius 2 is 2.04 bits per heavy atom. The van der Waals surface area contributed by atoms with E-state index in [0.29, 0.717) is 11.6 Å². The standard InChI is InChI=1S/C19H18BrNO2/c20-17-3-1-2-16-15(17)6-7-18(16)21-9-8-12-10-13(19(22)23)4-5-14(12)11-21/h1-5,10,18H,6-9,11H2,(H,22,23).